The number of rotatable bonds is 4. The minimum atomic E-state index is -0.223. The van der Waals surface area contributed by atoms with Crippen molar-refractivity contribution in [3.8, 4) is 0 Å². The van der Waals surface area contributed by atoms with Gasteiger partial charge in [-0.25, -0.2) is 4.39 Å². The molecule has 72 valence electrons. The van der Waals surface area contributed by atoms with Gasteiger partial charge in [0.05, 0.1) is 0 Å². The van der Waals surface area contributed by atoms with Crippen LogP contribution in [0.25, 0.3) is 0 Å². The standard InChI is InChI=1S/C10H14FNO/c1-12(7-2-8-13)10-5-3-9(11)4-6-10/h3-6,13H,2,7-8H2,1H3. The minimum Gasteiger partial charge on any atom is -0.396 e. The van der Waals surface area contributed by atoms with Crippen molar-refractivity contribution in [3.05, 3.63) is 30.1 Å². The molecule has 0 amide bonds. The Bertz CT molecular complexity index is 248. The summed E-state index contributed by atoms with van der Waals surface area (Å²) in [7, 11) is 1.92. The first-order chi connectivity index (χ1) is 6.24. The molecule has 0 bridgehead atoms. The van der Waals surface area contributed by atoms with E-state index in [9.17, 15) is 4.39 Å². The SMILES string of the molecule is CN(CCCO)c1ccc(F)cc1. The van der Waals surface area contributed by atoms with Crippen LogP contribution in [-0.4, -0.2) is 25.3 Å². The van der Waals surface area contributed by atoms with Gasteiger partial charge in [-0.2, -0.15) is 0 Å². The van der Waals surface area contributed by atoms with E-state index in [1.807, 2.05) is 11.9 Å². The third-order valence-electron chi connectivity index (χ3n) is 1.92. The van der Waals surface area contributed by atoms with Crippen molar-refractivity contribution in [3.63, 3.8) is 0 Å². The Kier molecular flexibility index (Phi) is 3.71. The van der Waals surface area contributed by atoms with Crippen molar-refractivity contribution in [2.45, 2.75) is 6.42 Å². The minimum absolute atomic E-state index is 0.186. The van der Waals surface area contributed by atoms with Crippen LogP contribution in [0.3, 0.4) is 0 Å². The second-order valence-electron chi connectivity index (χ2n) is 2.98. The summed E-state index contributed by atoms with van der Waals surface area (Å²) in [6, 6.07) is 6.33. The van der Waals surface area contributed by atoms with Crippen molar-refractivity contribution >= 4 is 5.69 Å². The number of hydrogen-bond acceptors (Lipinski definition) is 2. The first-order valence-corrected chi connectivity index (χ1v) is 4.31. The van der Waals surface area contributed by atoms with Crippen molar-refractivity contribution in [2.24, 2.45) is 0 Å². The molecular weight excluding hydrogens is 169 g/mol. The van der Waals surface area contributed by atoms with Gasteiger partial charge in [-0.05, 0) is 30.7 Å². The largest absolute Gasteiger partial charge is 0.396 e. The Morgan fingerprint density at radius 2 is 1.92 bits per heavy atom. The summed E-state index contributed by atoms with van der Waals surface area (Å²) in [4.78, 5) is 1.98. The van der Waals surface area contributed by atoms with E-state index >= 15 is 0 Å². The number of aliphatic hydroxyl groups excluding tert-OH is 1. The van der Waals surface area contributed by atoms with Gasteiger partial charge in [0.25, 0.3) is 0 Å². The molecule has 3 heteroatoms. The lowest BCUT2D eigenvalue weighted by Gasteiger charge is -2.18. The molecule has 2 nitrogen and oxygen atoms in total. The number of benzene rings is 1. The van der Waals surface area contributed by atoms with Gasteiger partial charge in [-0.15, -0.1) is 0 Å². The monoisotopic (exact) mass is 183 g/mol. The molecule has 1 aromatic carbocycles. The zero-order chi connectivity index (χ0) is 9.68. The summed E-state index contributed by atoms with van der Waals surface area (Å²) in [5, 5.41) is 8.62. The third-order valence-corrected chi connectivity index (χ3v) is 1.92. The fourth-order valence-corrected chi connectivity index (χ4v) is 1.13. The zero-order valence-electron chi connectivity index (χ0n) is 7.70. The van der Waals surface area contributed by atoms with Gasteiger partial charge < -0.3 is 10.0 Å². The Balaban J connectivity index is 2.55. The predicted octanol–water partition coefficient (Wildman–Crippen LogP) is 1.64. The Morgan fingerprint density at radius 1 is 1.31 bits per heavy atom. The summed E-state index contributed by atoms with van der Waals surface area (Å²) < 4.78 is 12.5. The number of halogens is 1. The highest BCUT2D eigenvalue weighted by Crippen LogP contribution is 2.12. The van der Waals surface area contributed by atoms with Crippen LogP contribution in [0.1, 0.15) is 6.42 Å². The van der Waals surface area contributed by atoms with E-state index in [4.69, 9.17) is 5.11 Å². The number of hydrogen-bond donors (Lipinski definition) is 1. The summed E-state index contributed by atoms with van der Waals surface area (Å²) in [6.45, 7) is 0.966. The van der Waals surface area contributed by atoms with Crippen LogP contribution in [0.4, 0.5) is 10.1 Å². The molecule has 13 heavy (non-hydrogen) atoms. The Morgan fingerprint density at radius 3 is 2.46 bits per heavy atom. The van der Waals surface area contributed by atoms with Gasteiger partial charge in [0, 0.05) is 25.9 Å². The van der Waals surface area contributed by atoms with Crippen molar-refractivity contribution in [1.29, 1.82) is 0 Å². The third kappa shape index (κ3) is 3.03. The first kappa shape index (κ1) is 9.99. The Labute approximate surface area is 77.6 Å². The summed E-state index contributed by atoms with van der Waals surface area (Å²) in [5.74, 6) is -0.223. The topological polar surface area (TPSA) is 23.5 Å². The normalized spacial score (nSPS) is 10.1. The van der Waals surface area contributed by atoms with Crippen molar-refractivity contribution in [1.82, 2.24) is 0 Å². The molecule has 1 N–H and O–H groups in total. The fourth-order valence-electron chi connectivity index (χ4n) is 1.13. The molecule has 0 unspecified atom stereocenters. The van der Waals surface area contributed by atoms with Crippen LogP contribution >= 0.6 is 0 Å². The van der Waals surface area contributed by atoms with Crippen LogP contribution in [0, 0.1) is 5.82 Å². The maximum atomic E-state index is 12.5. The van der Waals surface area contributed by atoms with Crippen LogP contribution in [0.5, 0.6) is 0 Å². The highest BCUT2D eigenvalue weighted by atomic mass is 19.1. The summed E-state index contributed by atoms with van der Waals surface area (Å²) in [6.07, 6.45) is 0.730. The fraction of sp³-hybridized carbons (Fsp3) is 0.400. The van der Waals surface area contributed by atoms with Crippen LogP contribution in [0.15, 0.2) is 24.3 Å². The van der Waals surface area contributed by atoms with Crippen molar-refractivity contribution < 1.29 is 9.50 Å². The van der Waals surface area contributed by atoms with Crippen LogP contribution < -0.4 is 4.90 Å². The average Bonchev–Trinajstić information content (AvgIpc) is 2.15. The van der Waals surface area contributed by atoms with Gasteiger partial charge in [0.2, 0.25) is 0 Å². The molecule has 0 spiro atoms. The highest BCUT2D eigenvalue weighted by molar-refractivity contribution is 5.45. The molecule has 0 saturated heterocycles. The van der Waals surface area contributed by atoms with Gasteiger partial charge >= 0.3 is 0 Å². The molecule has 0 aromatic heterocycles. The molecule has 0 aliphatic carbocycles. The second kappa shape index (κ2) is 4.82. The molecular formula is C10H14FNO. The lowest BCUT2D eigenvalue weighted by molar-refractivity contribution is 0.290. The van der Waals surface area contributed by atoms with E-state index in [1.54, 1.807) is 12.1 Å². The quantitative estimate of drug-likeness (QED) is 0.767. The van der Waals surface area contributed by atoms with Gasteiger partial charge in [0.15, 0.2) is 0 Å². The molecule has 0 fully saturated rings. The number of nitrogens with zero attached hydrogens (tertiary/aromatic N) is 1. The van der Waals surface area contributed by atoms with Crippen LogP contribution in [-0.2, 0) is 0 Å². The van der Waals surface area contributed by atoms with Crippen LogP contribution in [0.2, 0.25) is 0 Å². The highest BCUT2D eigenvalue weighted by Gasteiger charge is 1.99. The van der Waals surface area contributed by atoms with E-state index in [0.717, 1.165) is 18.7 Å². The molecule has 0 radical (unpaired) electrons. The number of anilines is 1. The molecule has 1 rings (SSSR count). The van der Waals surface area contributed by atoms with E-state index in [0.29, 0.717) is 0 Å². The Hall–Kier alpha value is -1.09. The number of aliphatic hydroxyl groups is 1. The maximum absolute atomic E-state index is 12.5. The van der Waals surface area contributed by atoms with Gasteiger partial charge in [-0.3, -0.25) is 0 Å². The molecule has 0 aliphatic heterocycles. The summed E-state index contributed by atoms with van der Waals surface area (Å²) >= 11 is 0. The van der Waals surface area contributed by atoms with Gasteiger partial charge in [0.1, 0.15) is 5.82 Å². The smallest absolute Gasteiger partial charge is 0.123 e. The lowest BCUT2D eigenvalue weighted by atomic mass is 10.3. The van der Waals surface area contributed by atoms with Gasteiger partial charge in [-0.1, -0.05) is 0 Å². The van der Waals surface area contributed by atoms with E-state index in [-0.39, 0.29) is 12.4 Å². The second-order valence-corrected chi connectivity index (χ2v) is 2.98. The maximum Gasteiger partial charge on any atom is 0.123 e. The molecule has 0 atom stereocenters. The van der Waals surface area contributed by atoms with E-state index in [2.05, 4.69) is 0 Å². The zero-order valence-corrected chi connectivity index (χ0v) is 7.70. The molecule has 0 saturated carbocycles. The average molecular weight is 183 g/mol. The van der Waals surface area contributed by atoms with Crippen molar-refractivity contribution in [2.75, 3.05) is 25.1 Å². The van der Waals surface area contributed by atoms with E-state index < -0.39 is 0 Å². The lowest BCUT2D eigenvalue weighted by Crippen LogP contribution is -2.19. The molecule has 0 aliphatic rings. The predicted molar refractivity (Wildman–Crippen MR) is 51.4 cm³/mol. The molecule has 0 heterocycles. The van der Waals surface area contributed by atoms with E-state index in [1.165, 1.54) is 12.1 Å². The first-order valence-electron chi connectivity index (χ1n) is 4.31. The molecule has 1 aromatic rings. The summed E-state index contributed by atoms with van der Waals surface area (Å²) in [5.41, 5.74) is 0.967.